The van der Waals surface area contributed by atoms with Gasteiger partial charge in [0.2, 0.25) is 5.91 Å². The number of hydrogen-bond acceptors (Lipinski definition) is 6. The Hall–Kier alpha value is -3.76. The molecule has 2 aromatic heterocycles. The van der Waals surface area contributed by atoms with Gasteiger partial charge in [0.1, 0.15) is 28.2 Å². The molecule has 11 heteroatoms. The first-order chi connectivity index (χ1) is 17.5. The van der Waals surface area contributed by atoms with Crippen LogP contribution in [0.2, 0.25) is 5.02 Å². The van der Waals surface area contributed by atoms with E-state index >= 15 is 0 Å². The Morgan fingerprint density at radius 2 is 1.86 bits per heavy atom. The standard InChI is InChI=1S/C26H27ClFN5O4/c1-17(24(34)30-23-9-8-20(14-29-23)37-19-6-4-18(28)5-7-19)31-12-13-33(26(2,3)16-31)25(35)21-10-11-32(36)15-22(21)27/h4-11,14-15,17H,12-13,16H2,1-3H3,(H,29,30,34)/t17-/m1/s1. The fraction of sp³-hybridized carbons (Fsp3) is 0.308. The number of nitrogens with zero attached hydrogens (tertiary/aromatic N) is 4. The van der Waals surface area contributed by atoms with Crippen LogP contribution in [0.15, 0.2) is 61.1 Å². The summed E-state index contributed by atoms with van der Waals surface area (Å²) in [6, 6.07) is 9.85. The second kappa shape index (κ2) is 10.7. The number of carbonyl (C=O) groups excluding carboxylic acids is 2. The average molecular weight is 528 g/mol. The second-order valence-electron chi connectivity index (χ2n) is 9.41. The minimum Gasteiger partial charge on any atom is -0.619 e. The SMILES string of the molecule is C[C@H](C(=O)Nc1ccc(Oc2ccc(F)cc2)cn1)N1CCN(C(=O)c2cc[n+]([O-])cc2Cl)C(C)(C)C1. The summed E-state index contributed by atoms with van der Waals surface area (Å²) in [6.07, 6.45) is 3.87. The summed E-state index contributed by atoms with van der Waals surface area (Å²) < 4.78 is 19.2. The van der Waals surface area contributed by atoms with E-state index in [1.165, 1.54) is 42.7 Å². The van der Waals surface area contributed by atoms with Crippen LogP contribution >= 0.6 is 11.6 Å². The molecule has 0 spiro atoms. The summed E-state index contributed by atoms with van der Waals surface area (Å²) in [5, 5.41) is 14.3. The number of anilines is 1. The van der Waals surface area contributed by atoms with Crippen molar-refractivity contribution in [1.82, 2.24) is 14.8 Å². The molecule has 1 N–H and O–H groups in total. The maximum Gasteiger partial charge on any atom is 0.256 e. The van der Waals surface area contributed by atoms with Gasteiger partial charge in [-0.25, -0.2) is 9.37 Å². The lowest BCUT2D eigenvalue weighted by Gasteiger charge is -2.48. The highest BCUT2D eigenvalue weighted by molar-refractivity contribution is 6.33. The number of pyridine rings is 2. The Kier molecular flexibility index (Phi) is 7.60. The molecule has 37 heavy (non-hydrogen) atoms. The van der Waals surface area contributed by atoms with Gasteiger partial charge in [-0.1, -0.05) is 11.6 Å². The Labute approximate surface area is 219 Å². The smallest absolute Gasteiger partial charge is 0.256 e. The quantitative estimate of drug-likeness (QED) is 0.386. The third kappa shape index (κ3) is 6.15. The van der Waals surface area contributed by atoms with E-state index in [0.717, 1.165) is 6.20 Å². The van der Waals surface area contributed by atoms with Gasteiger partial charge in [-0.05, 0) is 57.2 Å². The van der Waals surface area contributed by atoms with Crippen molar-refractivity contribution < 1.29 is 23.4 Å². The van der Waals surface area contributed by atoms with Crippen LogP contribution in [0.25, 0.3) is 0 Å². The second-order valence-corrected chi connectivity index (χ2v) is 9.81. The highest BCUT2D eigenvalue weighted by atomic mass is 35.5. The number of benzene rings is 1. The molecule has 1 saturated heterocycles. The van der Waals surface area contributed by atoms with E-state index in [-0.39, 0.29) is 28.2 Å². The van der Waals surface area contributed by atoms with Gasteiger partial charge in [0, 0.05) is 25.7 Å². The zero-order valence-electron chi connectivity index (χ0n) is 20.6. The number of rotatable bonds is 6. The molecule has 1 fully saturated rings. The average Bonchev–Trinajstić information content (AvgIpc) is 2.85. The number of amides is 2. The first kappa shape index (κ1) is 26.3. The summed E-state index contributed by atoms with van der Waals surface area (Å²) in [7, 11) is 0. The van der Waals surface area contributed by atoms with Crippen LogP contribution in [-0.2, 0) is 4.79 Å². The van der Waals surface area contributed by atoms with Gasteiger partial charge in [0.15, 0.2) is 12.4 Å². The first-order valence-corrected chi connectivity index (χ1v) is 12.1. The zero-order valence-corrected chi connectivity index (χ0v) is 21.4. The zero-order chi connectivity index (χ0) is 26.7. The fourth-order valence-electron chi connectivity index (χ4n) is 4.22. The Morgan fingerprint density at radius 1 is 1.16 bits per heavy atom. The minimum atomic E-state index is -0.589. The largest absolute Gasteiger partial charge is 0.619 e. The Bertz CT molecular complexity index is 1290. The Balaban J connectivity index is 1.35. The maximum absolute atomic E-state index is 13.2. The van der Waals surface area contributed by atoms with Crippen molar-refractivity contribution in [2.45, 2.75) is 32.4 Å². The molecule has 2 amide bonds. The van der Waals surface area contributed by atoms with Gasteiger partial charge >= 0.3 is 0 Å². The lowest BCUT2D eigenvalue weighted by Crippen LogP contribution is -2.63. The molecular weight excluding hydrogens is 501 g/mol. The molecule has 9 nitrogen and oxygen atoms in total. The lowest BCUT2D eigenvalue weighted by molar-refractivity contribution is -0.605. The number of halogens is 2. The third-order valence-corrected chi connectivity index (χ3v) is 6.56. The molecule has 1 aromatic carbocycles. The Morgan fingerprint density at radius 3 is 2.49 bits per heavy atom. The van der Waals surface area contributed by atoms with E-state index in [1.807, 2.05) is 18.7 Å². The number of hydrogen-bond donors (Lipinski definition) is 1. The molecule has 1 aliphatic rings. The number of ether oxygens (including phenoxy) is 1. The first-order valence-electron chi connectivity index (χ1n) is 11.7. The van der Waals surface area contributed by atoms with Gasteiger partial charge in [-0.15, -0.1) is 0 Å². The number of nitrogens with one attached hydrogen (secondary N) is 1. The number of piperazine rings is 1. The van der Waals surface area contributed by atoms with E-state index in [2.05, 4.69) is 10.3 Å². The van der Waals surface area contributed by atoms with Crippen molar-refractivity contribution in [3.05, 3.63) is 82.7 Å². The van der Waals surface area contributed by atoms with Crippen molar-refractivity contribution in [2.24, 2.45) is 0 Å². The molecule has 1 aliphatic heterocycles. The van der Waals surface area contributed by atoms with Gasteiger partial charge in [-0.3, -0.25) is 14.5 Å². The highest BCUT2D eigenvalue weighted by Crippen LogP contribution is 2.27. The van der Waals surface area contributed by atoms with Gasteiger partial charge in [0.25, 0.3) is 5.91 Å². The van der Waals surface area contributed by atoms with Crippen molar-refractivity contribution >= 4 is 29.2 Å². The van der Waals surface area contributed by atoms with Crippen LogP contribution in [0.1, 0.15) is 31.1 Å². The van der Waals surface area contributed by atoms with Gasteiger partial charge in [0.05, 0.1) is 23.3 Å². The minimum absolute atomic E-state index is 0.0926. The predicted molar refractivity (Wildman–Crippen MR) is 136 cm³/mol. The molecule has 4 rings (SSSR count). The molecule has 1 atom stereocenters. The summed E-state index contributed by atoms with van der Waals surface area (Å²) in [6.45, 7) is 6.97. The number of carbonyl (C=O) groups is 2. The van der Waals surface area contributed by atoms with Crippen molar-refractivity contribution in [2.75, 3.05) is 25.0 Å². The lowest BCUT2D eigenvalue weighted by atomic mass is 9.96. The maximum atomic E-state index is 13.2. The molecule has 0 bridgehead atoms. The van der Waals surface area contributed by atoms with E-state index < -0.39 is 11.6 Å². The molecule has 0 saturated carbocycles. The molecule has 3 aromatic rings. The van der Waals surface area contributed by atoms with Gasteiger partial charge in [-0.2, -0.15) is 4.73 Å². The topological polar surface area (TPSA) is 102 Å². The fourth-order valence-corrected chi connectivity index (χ4v) is 4.46. The van der Waals surface area contributed by atoms with Gasteiger partial charge < -0.3 is 20.2 Å². The van der Waals surface area contributed by atoms with Crippen LogP contribution in [0.4, 0.5) is 10.2 Å². The van der Waals surface area contributed by atoms with E-state index in [0.29, 0.717) is 41.7 Å². The normalized spacial score (nSPS) is 16.2. The summed E-state index contributed by atoms with van der Waals surface area (Å²) in [5.41, 5.74) is -0.326. The molecule has 194 valence electrons. The van der Waals surface area contributed by atoms with Crippen molar-refractivity contribution in [3.8, 4) is 11.5 Å². The van der Waals surface area contributed by atoms with E-state index in [9.17, 15) is 19.2 Å². The highest BCUT2D eigenvalue weighted by Gasteiger charge is 2.40. The molecule has 0 radical (unpaired) electrons. The van der Waals surface area contributed by atoms with E-state index in [4.69, 9.17) is 16.3 Å². The predicted octanol–water partition coefficient (Wildman–Crippen LogP) is 3.86. The van der Waals surface area contributed by atoms with Crippen molar-refractivity contribution in [1.29, 1.82) is 0 Å². The molecule has 3 heterocycles. The number of aromatic nitrogens is 2. The summed E-state index contributed by atoms with van der Waals surface area (Å²) >= 11 is 6.13. The summed E-state index contributed by atoms with van der Waals surface area (Å²) in [4.78, 5) is 34.1. The van der Waals surface area contributed by atoms with Crippen LogP contribution in [-0.4, -0.2) is 57.8 Å². The third-order valence-electron chi connectivity index (χ3n) is 6.26. The van der Waals surface area contributed by atoms with Crippen LogP contribution < -0.4 is 14.8 Å². The van der Waals surface area contributed by atoms with Crippen molar-refractivity contribution in [3.63, 3.8) is 0 Å². The van der Waals surface area contributed by atoms with Crippen LogP contribution in [0.5, 0.6) is 11.5 Å². The molecule has 0 unspecified atom stereocenters. The monoisotopic (exact) mass is 527 g/mol. The van der Waals surface area contributed by atoms with Crippen LogP contribution in [0.3, 0.4) is 0 Å². The summed E-state index contributed by atoms with van der Waals surface area (Å²) in [5.74, 6) is 0.431. The molecular formula is C26H27ClFN5O4. The molecule has 0 aliphatic carbocycles. The van der Waals surface area contributed by atoms with E-state index in [1.54, 1.807) is 24.0 Å². The van der Waals surface area contributed by atoms with Crippen LogP contribution in [0, 0.1) is 11.0 Å².